The van der Waals surface area contributed by atoms with Gasteiger partial charge in [0.2, 0.25) is 29.5 Å². The van der Waals surface area contributed by atoms with E-state index in [-0.39, 0.29) is 6.42 Å². The zero-order valence-electron chi connectivity index (χ0n) is 82.7. The van der Waals surface area contributed by atoms with Gasteiger partial charge in [0, 0.05) is 47.0 Å². The van der Waals surface area contributed by atoms with Crippen LogP contribution in [-0.2, 0) is 99.9 Å². The van der Waals surface area contributed by atoms with E-state index in [9.17, 15) is 151 Å². The highest BCUT2D eigenvalue weighted by Crippen LogP contribution is 2.45. The minimum Gasteiger partial charge on any atom is -0.477 e. The lowest BCUT2D eigenvalue weighted by Crippen LogP contribution is -2.73. The Morgan fingerprint density at radius 3 is 1.08 bits per heavy atom. The van der Waals surface area contributed by atoms with Crippen molar-refractivity contribution in [3.8, 4) is 0 Å². The van der Waals surface area contributed by atoms with Gasteiger partial charge in [-0.15, -0.1) is 0 Å². The second-order valence-electron chi connectivity index (χ2n) is 38.5. The molecule has 39 atom stereocenters. The maximum absolute atomic E-state index is 14.2. The smallest absolute Gasteiger partial charge is 0.364 e. The van der Waals surface area contributed by atoms with Gasteiger partial charge in [-0.3, -0.25) is 24.0 Å². The number of carbonyl (C=O) groups excluding carboxylic acids is 5. The Labute approximate surface area is 832 Å². The summed E-state index contributed by atoms with van der Waals surface area (Å²) in [6.07, 6.45) is -40.8. The van der Waals surface area contributed by atoms with Crippen molar-refractivity contribution >= 4 is 41.5 Å². The fraction of sp³-hybridized carbons (Fsp3) is 0.904. The van der Waals surface area contributed by atoms with E-state index in [1.165, 1.54) is 109 Å². The lowest BCUT2D eigenvalue weighted by atomic mass is 9.88. The Balaban J connectivity index is 1.22. The number of aliphatic hydroxyl groups excluding tert-OH is 21. The van der Waals surface area contributed by atoms with Gasteiger partial charge in [-0.1, -0.05) is 193 Å². The molecule has 14 unspecified atom stereocenters. The minimum absolute atomic E-state index is 0.0744. The fourth-order valence-electron chi connectivity index (χ4n) is 19.1. The Bertz CT molecular complexity index is 3710. The molecule has 7 aliphatic heterocycles. The predicted molar refractivity (Wildman–Crippen MR) is 493 cm³/mol. The highest BCUT2D eigenvalue weighted by molar-refractivity contribution is 5.78. The van der Waals surface area contributed by atoms with Crippen molar-refractivity contribution in [2.75, 3.05) is 52.9 Å². The number of carboxylic acid groups (broad SMARTS) is 2. The summed E-state index contributed by atoms with van der Waals surface area (Å²) in [5.74, 6) is -16.0. The highest BCUT2D eigenvalue weighted by Gasteiger charge is 2.65. The number of ether oxygens (including phenoxy) is 14. The van der Waals surface area contributed by atoms with E-state index >= 15 is 0 Å². The summed E-state index contributed by atoms with van der Waals surface area (Å²) < 4.78 is 86.0. The van der Waals surface area contributed by atoms with Gasteiger partial charge in [0.1, 0.15) is 159 Å². The van der Waals surface area contributed by atoms with Gasteiger partial charge in [-0.05, 0) is 19.3 Å². The van der Waals surface area contributed by atoms with Crippen LogP contribution in [0.25, 0.3) is 0 Å². The van der Waals surface area contributed by atoms with Gasteiger partial charge in [0.15, 0.2) is 31.5 Å². The summed E-state index contributed by atoms with van der Waals surface area (Å²) in [6.45, 7) is -1.56. The molecule has 5 amide bonds. The number of amides is 5. The van der Waals surface area contributed by atoms with Crippen LogP contribution in [-0.4, -0.2) is 450 Å². The summed E-state index contributed by atoms with van der Waals surface area (Å²) in [7, 11) is 0. The number of allylic oxidation sites excluding steroid dienone is 1. The lowest BCUT2D eigenvalue weighted by Gasteiger charge is -2.53. The molecule has 49 nitrogen and oxygen atoms in total. The summed E-state index contributed by atoms with van der Waals surface area (Å²) in [5, 5.41) is 276. The van der Waals surface area contributed by atoms with E-state index in [1.807, 2.05) is 0 Å². The molecular formula is C94H165N5O44. The third-order valence-electron chi connectivity index (χ3n) is 27.1. The first-order chi connectivity index (χ1) is 68.2. The van der Waals surface area contributed by atoms with Gasteiger partial charge in [0.05, 0.1) is 89.3 Å². The number of aliphatic hydroxyl groups is 21. The number of nitrogens with one attached hydrogen (secondary N) is 5. The third kappa shape index (κ3) is 36.2. The fourth-order valence-corrected chi connectivity index (χ4v) is 19.1. The average molecular weight is 2070 g/mol. The van der Waals surface area contributed by atoms with Crippen LogP contribution in [0.2, 0.25) is 0 Å². The molecule has 0 aromatic rings. The van der Waals surface area contributed by atoms with Crippen molar-refractivity contribution in [3.63, 3.8) is 0 Å². The van der Waals surface area contributed by atoms with Crippen molar-refractivity contribution in [2.45, 2.75) is 485 Å². The molecule has 0 aromatic carbocycles. The lowest BCUT2D eigenvalue weighted by molar-refractivity contribution is -0.408. The molecular weight excluding hydrogens is 1900 g/mol. The second-order valence-corrected chi connectivity index (χ2v) is 38.5. The zero-order valence-corrected chi connectivity index (χ0v) is 82.7. The number of hydrogen-bond donors (Lipinski definition) is 28. The van der Waals surface area contributed by atoms with Crippen LogP contribution >= 0.6 is 0 Å². The molecule has 7 saturated heterocycles. The van der Waals surface area contributed by atoms with Crippen molar-refractivity contribution in [1.82, 2.24) is 26.6 Å². The largest absolute Gasteiger partial charge is 0.477 e. The van der Waals surface area contributed by atoms with Gasteiger partial charge in [0.25, 0.3) is 11.6 Å². The minimum atomic E-state index is -3.56. The second kappa shape index (κ2) is 63.1. The number of rotatable bonds is 65. The predicted octanol–water partition coefficient (Wildman–Crippen LogP) is -5.12. The Morgan fingerprint density at radius 2 is 0.699 bits per heavy atom. The average Bonchev–Trinajstić information content (AvgIpc) is 0.747. The Morgan fingerprint density at radius 1 is 0.364 bits per heavy atom. The maximum atomic E-state index is 14.2. The van der Waals surface area contributed by atoms with Gasteiger partial charge >= 0.3 is 11.9 Å². The van der Waals surface area contributed by atoms with Crippen molar-refractivity contribution in [2.24, 2.45) is 0 Å². The van der Waals surface area contributed by atoms with Crippen molar-refractivity contribution in [1.29, 1.82) is 0 Å². The molecule has 143 heavy (non-hydrogen) atoms. The van der Waals surface area contributed by atoms with E-state index in [1.54, 1.807) is 6.08 Å². The highest BCUT2D eigenvalue weighted by atomic mass is 16.8. The number of unbranched alkanes of at least 4 members (excludes halogenated alkanes) is 27. The summed E-state index contributed by atoms with van der Waals surface area (Å²) in [4.78, 5) is 93.9. The molecule has 0 radical (unpaired) electrons. The molecule has 0 bridgehead atoms. The first kappa shape index (κ1) is 125. The Hall–Kier alpha value is -5.37. The number of hydrogen-bond acceptors (Lipinski definition) is 42. The first-order valence-electron chi connectivity index (χ1n) is 50.7. The molecule has 28 N–H and O–H groups in total. The number of carboxylic acids is 2. The van der Waals surface area contributed by atoms with Gasteiger partial charge in [-0.2, -0.15) is 0 Å². The van der Waals surface area contributed by atoms with Crippen molar-refractivity contribution in [3.05, 3.63) is 12.2 Å². The maximum Gasteiger partial charge on any atom is 0.364 e. The molecule has 0 aliphatic carbocycles. The summed E-state index contributed by atoms with van der Waals surface area (Å²) in [5.41, 5.74) is 0. The molecule has 0 spiro atoms. The normalized spacial score (nSPS) is 35.7. The Kier molecular flexibility index (Phi) is 54.9. The van der Waals surface area contributed by atoms with Crippen LogP contribution in [0.4, 0.5) is 0 Å². The van der Waals surface area contributed by atoms with Gasteiger partial charge in [-0.25, -0.2) is 9.59 Å². The van der Waals surface area contributed by atoms with E-state index in [0.29, 0.717) is 12.8 Å². The molecule has 0 aromatic heterocycles. The molecule has 49 heteroatoms. The zero-order chi connectivity index (χ0) is 106. The van der Waals surface area contributed by atoms with Crippen LogP contribution in [0.5, 0.6) is 0 Å². The molecule has 7 fully saturated rings. The quantitative estimate of drug-likeness (QED) is 0.0200. The van der Waals surface area contributed by atoms with E-state index in [0.717, 1.165) is 98.3 Å². The number of carbonyl (C=O) groups is 7. The first-order valence-corrected chi connectivity index (χ1v) is 50.7. The van der Waals surface area contributed by atoms with Crippen LogP contribution in [0, 0.1) is 0 Å². The molecule has 7 aliphatic rings. The van der Waals surface area contributed by atoms with Crippen LogP contribution in [0.3, 0.4) is 0 Å². The van der Waals surface area contributed by atoms with E-state index < -0.39 is 345 Å². The standard InChI is InChI=1S/C94H165N5O44/c1-7-9-11-13-15-17-19-21-22-23-24-26-28-30-32-34-36-38-64(116)99-53(54(111)37-35-33-31-29-27-25-20-18-16-14-12-10-8-2)48-130-88-75(123)74(122)78(61(45-104)133-88)136-89-76(124)84(142-93(91(126)127)39-55(112)65(95-49(3)107)82(140-93)69(117)57(114)41-100)80(63(47-106)134-89)138-87-68(98-52(6)110)81(72(120)60(44-103)132-87)139-90-77(125)85(79(62(46-105)135-90)137-86-67(97-51(5)109)73(121)71(119)59(43-102)131-86)143-94(92(128)129)40-56(113)66(96-50(4)108)83(141-94)70(118)58(115)42-101/h35,37,53-63,65-90,100-106,111-115,117-125H,7-34,36,38-48H2,1-6H3,(H,95,107)(H,96,108)(H,97,109)(H,98,110)(H,99,116)(H,126,127)(H,128,129)/b37-35+/t53-,54+,55?,56?,57+,58+,59?,60?,61?,62?,63?,65+,66+,67?,68?,69+,70+,71-,72-,73+,74+,75?,76?,77?,78+,79-,80-,81+,82?,83?,84+,85+,86-,87-,88+,89-,90-,93-,94-/m0/s1. The monoisotopic (exact) mass is 2070 g/mol. The number of aliphatic carboxylic acids is 2. The molecule has 7 rings (SSSR count). The molecule has 0 saturated carbocycles. The van der Waals surface area contributed by atoms with Crippen LogP contribution < -0.4 is 26.6 Å². The topological polar surface area (TPSA) is 774 Å². The van der Waals surface area contributed by atoms with E-state index in [2.05, 4.69) is 40.4 Å². The van der Waals surface area contributed by atoms with E-state index in [4.69, 9.17) is 66.3 Å². The van der Waals surface area contributed by atoms with Gasteiger partial charge < -0.3 is 210 Å². The van der Waals surface area contributed by atoms with Crippen LogP contribution in [0.15, 0.2) is 12.2 Å². The van der Waals surface area contributed by atoms with Crippen molar-refractivity contribution < 1.29 is 217 Å². The summed E-state index contributed by atoms with van der Waals surface area (Å²) in [6, 6.07) is -9.17. The third-order valence-corrected chi connectivity index (χ3v) is 27.1. The SMILES string of the molecule is CCCCCCCCCCCCC/C=C/[C@@H](O)[C@H](CO[C@@H]1OC(CO)[C@@H](O[C@@H]2OC(CO)[C@H](O[C@@H]3OC(CO)[C@H](O)[C@H](O[C@@H]4OC(CO)[C@H](O[C@@H]5OC(CO)[C@H](O)[C@H](O)C5NC(C)=O)[C@H](O[C@]5(C(=O)O)CC(O)[C@@H](NC(C)=O)C([C@H](O)[C@H](O)CO)O5)C4O)C3NC(C)=O)[C@H](O[C@]3(C(=O)O)CC(O)[C@@H](NC(C)=O)C([C@H](O)[C@H](O)CO)O3)C2O)[C@H](O)C1O)NC(=O)CCCCCCCCCCCCCCCCCCC. The summed E-state index contributed by atoms with van der Waals surface area (Å²) >= 11 is 0. The van der Waals surface area contributed by atoms with Crippen LogP contribution in [0.1, 0.15) is 247 Å². The molecule has 830 valence electrons. The molecule has 7 heterocycles.